The summed E-state index contributed by atoms with van der Waals surface area (Å²) in [5.74, 6) is 0.946. The third-order valence-electron chi connectivity index (χ3n) is 5.27. The number of benzene rings is 3. The molecular weight excluding hydrogens is 450 g/mol. The Morgan fingerprint density at radius 2 is 1.89 bits per heavy atom. The Morgan fingerprint density at radius 3 is 2.71 bits per heavy atom. The maximum absolute atomic E-state index is 12.6. The predicted octanol–water partition coefficient (Wildman–Crippen LogP) is 4.69. The number of hydrogen-bond donors (Lipinski definition) is 0. The molecule has 0 amide bonds. The molecule has 0 aliphatic carbocycles. The molecule has 5 rings (SSSR count). The molecule has 0 saturated heterocycles. The van der Waals surface area contributed by atoms with E-state index in [1.807, 2.05) is 19.9 Å². The summed E-state index contributed by atoms with van der Waals surface area (Å²) in [5, 5.41) is 0. The first-order chi connectivity index (χ1) is 17.0. The Hall–Kier alpha value is -4.59. The zero-order chi connectivity index (χ0) is 24.4. The van der Waals surface area contributed by atoms with Crippen molar-refractivity contribution in [1.29, 1.82) is 0 Å². The van der Waals surface area contributed by atoms with Crippen molar-refractivity contribution in [2.24, 2.45) is 4.99 Å². The molecule has 0 aromatic heterocycles. The van der Waals surface area contributed by atoms with Crippen molar-refractivity contribution in [3.05, 3.63) is 88.6 Å². The van der Waals surface area contributed by atoms with Crippen LogP contribution in [0.25, 0.3) is 6.08 Å². The highest BCUT2D eigenvalue weighted by Crippen LogP contribution is 2.34. The fraction of sp³-hybridized carbons (Fsp3) is 0.148. The zero-order valence-electron chi connectivity index (χ0n) is 19.1. The fourth-order valence-corrected chi connectivity index (χ4v) is 3.62. The maximum Gasteiger partial charge on any atom is 0.363 e. The van der Waals surface area contributed by atoms with Crippen LogP contribution in [0, 0.1) is 6.92 Å². The van der Waals surface area contributed by atoms with Crippen molar-refractivity contribution in [3.63, 3.8) is 0 Å². The second-order valence-electron chi connectivity index (χ2n) is 7.80. The number of aryl methyl sites for hydroxylation is 1. The van der Waals surface area contributed by atoms with E-state index in [1.54, 1.807) is 60.7 Å². The van der Waals surface area contributed by atoms with Gasteiger partial charge in [0, 0.05) is 5.56 Å². The van der Waals surface area contributed by atoms with Crippen LogP contribution in [0.3, 0.4) is 0 Å². The first-order valence-electron chi connectivity index (χ1n) is 11.0. The number of carbonyl (C=O) groups excluding carboxylic acids is 2. The third-order valence-corrected chi connectivity index (χ3v) is 5.27. The minimum Gasteiger partial charge on any atom is -0.490 e. The van der Waals surface area contributed by atoms with E-state index >= 15 is 0 Å². The lowest BCUT2D eigenvalue weighted by Gasteiger charge is -2.11. The molecular formula is C27H21NO7. The van der Waals surface area contributed by atoms with E-state index in [-0.39, 0.29) is 24.1 Å². The molecule has 0 spiro atoms. The van der Waals surface area contributed by atoms with Gasteiger partial charge >= 0.3 is 11.9 Å². The smallest absolute Gasteiger partial charge is 0.363 e. The molecule has 3 aromatic rings. The summed E-state index contributed by atoms with van der Waals surface area (Å²) >= 11 is 0. The van der Waals surface area contributed by atoms with Gasteiger partial charge < -0.3 is 23.7 Å². The lowest BCUT2D eigenvalue weighted by Crippen LogP contribution is -2.10. The molecule has 0 radical (unpaired) electrons. The fourth-order valence-electron chi connectivity index (χ4n) is 3.62. The van der Waals surface area contributed by atoms with Gasteiger partial charge in [-0.25, -0.2) is 14.6 Å². The molecule has 0 atom stereocenters. The molecule has 0 bridgehead atoms. The largest absolute Gasteiger partial charge is 0.490 e. The molecule has 2 heterocycles. The topological polar surface area (TPSA) is 92.7 Å². The van der Waals surface area contributed by atoms with Gasteiger partial charge in [-0.2, -0.15) is 0 Å². The number of ether oxygens (including phenoxy) is 5. The zero-order valence-corrected chi connectivity index (χ0v) is 19.1. The van der Waals surface area contributed by atoms with Crippen LogP contribution in [0.2, 0.25) is 0 Å². The molecule has 8 heteroatoms. The van der Waals surface area contributed by atoms with E-state index in [1.165, 1.54) is 0 Å². The molecule has 0 N–H and O–H groups in total. The number of cyclic esters (lactones) is 1. The second kappa shape index (κ2) is 9.34. The van der Waals surface area contributed by atoms with Gasteiger partial charge in [0.1, 0.15) is 0 Å². The normalized spacial score (nSPS) is 15.1. The highest BCUT2D eigenvalue weighted by atomic mass is 16.7. The summed E-state index contributed by atoms with van der Waals surface area (Å²) in [6.45, 7) is 4.24. The van der Waals surface area contributed by atoms with Gasteiger partial charge in [-0.3, -0.25) is 0 Å². The summed E-state index contributed by atoms with van der Waals surface area (Å²) in [5.41, 5.74) is 2.75. The van der Waals surface area contributed by atoms with E-state index in [0.29, 0.717) is 40.5 Å². The summed E-state index contributed by atoms with van der Waals surface area (Å²) in [6, 6.07) is 17.3. The van der Waals surface area contributed by atoms with Crippen LogP contribution in [0.15, 0.2) is 71.4 Å². The minimum atomic E-state index is -0.578. The van der Waals surface area contributed by atoms with Crippen LogP contribution in [0.4, 0.5) is 0 Å². The van der Waals surface area contributed by atoms with Crippen molar-refractivity contribution in [1.82, 2.24) is 0 Å². The average molecular weight is 471 g/mol. The maximum atomic E-state index is 12.6. The van der Waals surface area contributed by atoms with Gasteiger partial charge in [-0.1, -0.05) is 23.8 Å². The number of rotatable bonds is 6. The van der Waals surface area contributed by atoms with Gasteiger partial charge in [0.15, 0.2) is 28.7 Å². The van der Waals surface area contributed by atoms with E-state index in [0.717, 1.165) is 5.56 Å². The Labute approximate surface area is 201 Å². The summed E-state index contributed by atoms with van der Waals surface area (Å²) in [6.07, 6.45) is 1.58. The van der Waals surface area contributed by atoms with Crippen molar-refractivity contribution in [3.8, 4) is 23.0 Å². The minimum absolute atomic E-state index is 0.129. The lowest BCUT2D eigenvalue weighted by atomic mass is 10.1. The van der Waals surface area contributed by atoms with Crippen LogP contribution in [-0.2, 0) is 9.53 Å². The molecule has 0 fully saturated rings. The monoisotopic (exact) mass is 471 g/mol. The predicted molar refractivity (Wildman–Crippen MR) is 127 cm³/mol. The van der Waals surface area contributed by atoms with E-state index in [9.17, 15) is 9.59 Å². The van der Waals surface area contributed by atoms with Crippen LogP contribution >= 0.6 is 0 Å². The Bertz CT molecular complexity index is 1390. The molecule has 2 aliphatic rings. The summed E-state index contributed by atoms with van der Waals surface area (Å²) < 4.78 is 27.3. The molecule has 176 valence electrons. The van der Waals surface area contributed by atoms with Gasteiger partial charge in [-0.05, 0) is 68.0 Å². The summed E-state index contributed by atoms with van der Waals surface area (Å²) in [4.78, 5) is 29.4. The number of aliphatic imine (C=N–C) groups is 1. The number of fused-ring (bicyclic) bond motifs is 1. The Balaban J connectivity index is 1.39. The van der Waals surface area contributed by atoms with Crippen LogP contribution in [0.5, 0.6) is 23.0 Å². The van der Waals surface area contributed by atoms with Gasteiger partial charge in [0.25, 0.3) is 0 Å². The number of nitrogens with zero attached hydrogens (tertiary/aromatic N) is 1. The van der Waals surface area contributed by atoms with Crippen molar-refractivity contribution >= 4 is 23.9 Å². The molecule has 2 aliphatic heterocycles. The third kappa shape index (κ3) is 4.72. The highest BCUT2D eigenvalue weighted by molar-refractivity contribution is 6.13. The van der Waals surface area contributed by atoms with Crippen LogP contribution in [-0.4, -0.2) is 31.2 Å². The lowest BCUT2D eigenvalue weighted by molar-refractivity contribution is -0.129. The molecule has 35 heavy (non-hydrogen) atoms. The Kier molecular flexibility index (Phi) is 5.93. The quantitative estimate of drug-likeness (QED) is 0.293. The number of esters is 2. The van der Waals surface area contributed by atoms with E-state index < -0.39 is 11.9 Å². The molecule has 0 saturated carbocycles. The van der Waals surface area contributed by atoms with Gasteiger partial charge in [0.2, 0.25) is 12.7 Å². The standard InChI is InChI=1S/C27H21NO7/c1-3-31-23-13-17(7-9-22(23)34-26(29)19-6-4-5-16(2)11-19)12-20-27(30)35-25(28-20)18-8-10-21-24(14-18)33-15-32-21/h4-14H,3,15H2,1-2H3/b20-12+. The van der Waals surface area contributed by atoms with Crippen molar-refractivity contribution < 1.29 is 33.3 Å². The average Bonchev–Trinajstić information content (AvgIpc) is 3.47. The Morgan fingerprint density at radius 1 is 1.03 bits per heavy atom. The highest BCUT2D eigenvalue weighted by Gasteiger charge is 2.26. The van der Waals surface area contributed by atoms with Gasteiger partial charge in [-0.15, -0.1) is 0 Å². The van der Waals surface area contributed by atoms with Crippen molar-refractivity contribution in [2.75, 3.05) is 13.4 Å². The second-order valence-corrected chi connectivity index (χ2v) is 7.80. The molecule has 8 nitrogen and oxygen atoms in total. The van der Waals surface area contributed by atoms with E-state index in [2.05, 4.69) is 4.99 Å². The first kappa shape index (κ1) is 22.2. The van der Waals surface area contributed by atoms with E-state index in [4.69, 9.17) is 23.7 Å². The number of carbonyl (C=O) groups is 2. The molecule has 0 unspecified atom stereocenters. The van der Waals surface area contributed by atoms with Crippen LogP contribution in [0.1, 0.15) is 34.0 Å². The van der Waals surface area contributed by atoms with Crippen LogP contribution < -0.4 is 18.9 Å². The SMILES string of the molecule is CCOc1cc(/C=C2/N=C(c3ccc4c(c3)OCO4)OC2=O)ccc1OC(=O)c1cccc(C)c1. The number of hydrogen-bond acceptors (Lipinski definition) is 8. The molecule has 3 aromatic carbocycles. The van der Waals surface area contributed by atoms with Gasteiger partial charge in [0.05, 0.1) is 12.2 Å². The summed E-state index contributed by atoms with van der Waals surface area (Å²) in [7, 11) is 0. The van der Waals surface area contributed by atoms with Crippen molar-refractivity contribution in [2.45, 2.75) is 13.8 Å². The first-order valence-corrected chi connectivity index (χ1v) is 11.0.